The molecule has 1 amide bonds. The second-order valence-corrected chi connectivity index (χ2v) is 7.97. The van der Waals surface area contributed by atoms with Crippen molar-refractivity contribution in [2.45, 2.75) is 12.8 Å². The number of benzene rings is 2. The smallest absolute Gasteiger partial charge is 0.298 e. The first kappa shape index (κ1) is 17.8. The van der Waals surface area contributed by atoms with E-state index in [9.17, 15) is 4.79 Å². The van der Waals surface area contributed by atoms with Crippen molar-refractivity contribution in [2.75, 3.05) is 23.3 Å². The van der Waals surface area contributed by atoms with Crippen molar-refractivity contribution in [2.24, 2.45) is 5.92 Å². The predicted molar refractivity (Wildman–Crippen MR) is 113 cm³/mol. The van der Waals surface area contributed by atoms with Gasteiger partial charge in [0.15, 0.2) is 5.58 Å². The van der Waals surface area contributed by atoms with E-state index < -0.39 is 0 Å². The van der Waals surface area contributed by atoms with E-state index in [0.29, 0.717) is 11.1 Å². The van der Waals surface area contributed by atoms with Crippen LogP contribution >= 0.6 is 11.3 Å². The number of anilines is 2. The van der Waals surface area contributed by atoms with Crippen LogP contribution in [0.5, 0.6) is 0 Å². The van der Waals surface area contributed by atoms with Gasteiger partial charge in [0.05, 0.1) is 0 Å². The SMILES string of the molecule is O=C(Nc1nnc(-c2ccccc2)s1)C1CCN(c2nc3ccccc3o2)CC1. The molecule has 8 heteroatoms. The Balaban J connectivity index is 1.20. The van der Waals surface area contributed by atoms with Crippen LogP contribution in [0.4, 0.5) is 11.1 Å². The third-order valence-corrected chi connectivity index (χ3v) is 5.98. The highest BCUT2D eigenvalue weighted by Gasteiger charge is 2.28. The Hall–Kier alpha value is -3.26. The summed E-state index contributed by atoms with van der Waals surface area (Å²) in [6.07, 6.45) is 1.49. The number of carbonyl (C=O) groups is 1. The molecule has 3 heterocycles. The number of carbonyl (C=O) groups excluding carboxylic acids is 1. The van der Waals surface area contributed by atoms with Crippen molar-refractivity contribution in [3.05, 3.63) is 54.6 Å². The van der Waals surface area contributed by atoms with E-state index in [2.05, 4.69) is 25.4 Å². The van der Waals surface area contributed by atoms with Crippen LogP contribution < -0.4 is 10.2 Å². The summed E-state index contributed by atoms with van der Waals surface area (Å²) in [6, 6.07) is 18.2. The van der Waals surface area contributed by atoms with Crippen molar-refractivity contribution in [3.8, 4) is 10.6 Å². The van der Waals surface area contributed by atoms with E-state index in [1.807, 2.05) is 54.6 Å². The lowest BCUT2D eigenvalue weighted by atomic mass is 9.96. The Morgan fingerprint density at radius 2 is 1.79 bits per heavy atom. The van der Waals surface area contributed by atoms with Crippen molar-refractivity contribution in [3.63, 3.8) is 0 Å². The van der Waals surface area contributed by atoms with Gasteiger partial charge in [-0.25, -0.2) is 0 Å². The van der Waals surface area contributed by atoms with Crippen LogP contribution in [0.2, 0.25) is 0 Å². The average molecular weight is 405 g/mol. The second-order valence-electron chi connectivity index (χ2n) is 6.99. The summed E-state index contributed by atoms with van der Waals surface area (Å²) in [5, 5.41) is 12.6. The molecule has 5 rings (SSSR count). The van der Waals surface area contributed by atoms with E-state index in [-0.39, 0.29) is 11.8 Å². The maximum Gasteiger partial charge on any atom is 0.298 e. The molecular weight excluding hydrogens is 386 g/mol. The second kappa shape index (κ2) is 7.63. The number of aromatic nitrogens is 3. The van der Waals surface area contributed by atoms with Gasteiger partial charge < -0.3 is 14.6 Å². The van der Waals surface area contributed by atoms with Crippen LogP contribution in [-0.2, 0) is 4.79 Å². The molecule has 2 aromatic heterocycles. The van der Waals surface area contributed by atoms with Crippen LogP contribution in [0.1, 0.15) is 12.8 Å². The number of hydrogen-bond acceptors (Lipinski definition) is 7. The number of oxazole rings is 1. The zero-order valence-electron chi connectivity index (χ0n) is 15.6. The highest BCUT2D eigenvalue weighted by Crippen LogP contribution is 2.29. The Kier molecular flexibility index (Phi) is 4.69. The van der Waals surface area contributed by atoms with Crippen LogP contribution in [-0.4, -0.2) is 34.2 Å². The topological polar surface area (TPSA) is 84.2 Å². The van der Waals surface area contributed by atoms with Crippen molar-refractivity contribution in [1.82, 2.24) is 15.2 Å². The molecule has 1 fully saturated rings. The fourth-order valence-electron chi connectivity index (χ4n) is 3.51. The molecule has 4 aromatic rings. The van der Waals surface area contributed by atoms with E-state index in [1.165, 1.54) is 11.3 Å². The van der Waals surface area contributed by atoms with Crippen LogP contribution in [0.3, 0.4) is 0 Å². The molecule has 0 spiro atoms. The fourth-order valence-corrected chi connectivity index (χ4v) is 4.26. The van der Waals surface area contributed by atoms with Crippen molar-refractivity contribution < 1.29 is 9.21 Å². The number of piperidine rings is 1. The standard InChI is InChI=1S/C21H19N5O2S/c27-18(23-20-25-24-19(29-20)15-6-2-1-3-7-15)14-10-12-26(13-11-14)21-22-16-8-4-5-9-17(16)28-21/h1-9,14H,10-13H2,(H,23,25,27). The highest BCUT2D eigenvalue weighted by molar-refractivity contribution is 7.18. The summed E-state index contributed by atoms with van der Waals surface area (Å²) in [5.74, 6) is -0.0577. The number of para-hydroxylation sites is 2. The van der Waals surface area contributed by atoms with Gasteiger partial charge >= 0.3 is 0 Å². The molecule has 1 aliphatic heterocycles. The quantitative estimate of drug-likeness (QED) is 0.548. The molecule has 2 aromatic carbocycles. The minimum absolute atomic E-state index is 0.00187. The Morgan fingerprint density at radius 1 is 1.03 bits per heavy atom. The van der Waals surface area contributed by atoms with Gasteiger partial charge in [-0.2, -0.15) is 4.98 Å². The lowest BCUT2D eigenvalue weighted by Gasteiger charge is -2.29. The van der Waals surface area contributed by atoms with Gasteiger partial charge in [-0.05, 0) is 25.0 Å². The van der Waals surface area contributed by atoms with Gasteiger partial charge in [0.1, 0.15) is 10.5 Å². The summed E-state index contributed by atoms with van der Waals surface area (Å²) in [5.41, 5.74) is 2.64. The van der Waals surface area contributed by atoms with Crippen LogP contribution in [0, 0.1) is 5.92 Å². The van der Waals surface area contributed by atoms with Gasteiger partial charge in [-0.1, -0.05) is 53.8 Å². The first-order valence-corrected chi connectivity index (χ1v) is 10.4. The monoisotopic (exact) mass is 405 g/mol. The lowest BCUT2D eigenvalue weighted by molar-refractivity contribution is -0.120. The maximum atomic E-state index is 12.7. The molecule has 0 aliphatic carbocycles. The predicted octanol–water partition coefficient (Wildman–Crippen LogP) is 4.20. The van der Waals surface area contributed by atoms with Gasteiger partial charge in [-0.15, -0.1) is 10.2 Å². The maximum absolute atomic E-state index is 12.7. The van der Waals surface area contributed by atoms with E-state index in [0.717, 1.165) is 47.6 Å². The summed E-state index contributed by atoms with van der Waals surface area (Å²) < 4.78 is 5.84. The summed E-state index contributed by atoms with van der Waals surface area (Å²) in [7, 11) is 0. The van der Waals surface area contributed by atoms with Crippen molar-refractivity contribution in [1.29, 1.82) is 0 Å². The van der Waals surface area contributed by atoms with Crippen molar-refractivity contribution >= 4 is 39.5 Å². The molecule has 0 saturated carbocycles. The minimum atomic E-state index is -0.0558. The first-order valence-electron chi connectivity index (χ1n) is 9.56. The molecule has 1 aliphatic rings. The van der Waals surface area contributed by atoms with Gasteiger partial charge in [-0.3, -0.25) is 4.79 Å². The molecule has 0 unspecified atom stereocenters. The Morgan fingerprint density at radius 3 is 2.59 bits per heavy atom. The zero-order chi connectivity index (χ0) is 19.6. The molecule has 0 atom stereocenters. The normalized spacial score (nSPS) is 15.0. The molecule has 1 saturated heterocycles. The van der Waals surface area contributed by atoms with E-state index in [1.54, 1.807) is 0 Å². The average Bonchev–Trinajstić information content (AvgIpc) is 3.41. The number of amides is 1. The molecule has 146 valence electrons. The number of fused-ring (bicyclic) bond motifs is 1. The summed E-state index contributed by atoms with van der Waals surface area (Å²) in [6.45, 7) is 1.46. The molecule has 29 heavy (non-hydrogen) atoms. The van der Waals surface area contributed by atoms with Crippen LogP contribution in [0.15, 0.2) is 59.0 Å². The number of hydrogen-bond donors (Lipinski definition) is 1. The third-order valence-electron chi connectivity index (χ3n) is 5.09. The molecule has 0 bridgehead atoms. The highest BCUT2D eigenvalue weighted by atomic mass is 32.1. The minimum Gasteiger partial charge on any atom is -0.423 e. The number of rotatable bonds is 4. The summed E-state index contributed by atoms with van der Waals surface area (Å²) >= 11 is 1.39. The van der Waals surface area contributed by atoms with E-state index >= 15 is 0 Å². The van der Waals surface area contributed by atoms with Gasteiger partial charge in [0.2, 0.25) is 11.0 Å². The Labute approximate surface area is 171 Å². The summed E-state index contributed by atoms with van der Waals surface area (Å²) in [4.78, 5) is 19.3. The largest absolute Gasteiger partial charge is 0.423 e. The number of nitrogens with one attached hydrogen (secondary N) is 1. The molecule has 1 N–H and O–H groups in total. The van der Waals surface area contributed by atoms with Crippen LogP contribution in [0.25, 0.3) is 21.7 Å². The molecular formula is C21H19N5O2S. The molecule has 7 nitrogen and oxygen atoms in total. The first-order chi connectivity index (χ1) is 14.3. The lowest BCUT2D eigenvalue weighted by Crippen LogP contribution is -2.38. The molecule has 0 radical (unpaired) electrons. The fraction of sp³-hybridized carbons (Fsp3) is 0.238. The van der Waals surface area contributed by atoms with E-state index in [4.69, 9.17) is 4.42 Å². The van der Waals surface area contributed by atoms with Gasteiger partial charge in [0, 0.05) is 24.6 Å². The zero-order valence-corrected chi connectivity index (χ0v) is 16.4. The Bertz CT molecular complexity index is 1100. The number of nitrogens with zero attached hydrogens (tertiary/aromatic N) is 4. The van der Waals surface area contributed by atoms with Gasteiger partial charge in [0.25, 0.3) is 6.01 Å². The third kappa shape index (κ3) is 3.71.